The highest BCUT2D eigenvalue weighted by Crippen LogP contribution is 2.28. The van der Waals surface area contributed by atoms with Crippen molar-refractivity contribution in [2.45, 2.75) is 33.0 Å². The van der Waals surface area contributed by atoms with Crippen molar-refractivity contribution in [3.63, 3.8) is 0 Å². The lowest BCUT2D eigenvalue weighted by atomic mass is 10.0. The molecule has 116 valence electrons. The smallest absolute Gasteiger partial charge is 0.241 e. The number of nitrogens with zero attached hydrogens (tertiary/aromatic N) is 1. The van der Waals surface area contributed by atoms with E-state index in [1.807, 2.05) is 32.0 Å². The van der Waals surface area contributed by atoms with E-state index in [9.17, 15) is 13.2 Å². The van der Waals surface area contributed by atoms with Gasteiger partial charge in [0.1, 0.15) is 16.0 Å². The van der Waals surface area contributed by atoms with E-state index in [1.165, 1.54) is 6.26 Å². The molecule has 1 aliphatic rings. The first-order valence-corrected chi connectivity index (χ1v) is 9.06. The fourth-order valence-corrected chi connectivity index (χ4v) is 3.12. The number of rotatable bonds is 4. The van der Waals surface area contributed by atoms with E-state index in [1.54, 1.807) is 11.8 Å². The minimum Gasteiger partial charge on any atom is -0.321 e. The van der Waals surface area contributed by atoms with Gasteiger partial charge < -0.3 is 4.90 Å². The molecule has 1 fully saturated rings. The van der Waals surface area contributed by atoms with Gasteiger partial charge in [-0.15, -0.1) is 0 Å². The van der Waals surface area contributed by atoms with Gasteiger partial charge in [0, 0.05) is 12.8 Å². The van der Waals surface area contributed by atoms with Crippen molar-refractivity contribution in [2.75, 3.05) is 18.6 Å². The molecule has 0 bridgehead atoms. The molecule has 1 aromatic carbocycles. The molecule has 1 saturated heterocycles. The molecule has 0 spiro atoms. The first kappa shape index (κ1) is 16.0. The largest absolute Gasteiger partial charge is 0.321 e. The summed E-state index contributed by atoms with van der Waals surface area (Å²) in [7, 11) is -3.10. The zero-order valence-corrected chi connectivity index (χ0v) is 13.7. The standard InChI is InChI=1S/C15H22N2O3S/c1-10-5-6-11(2)13(9-10)14-16-12(3)15(18)17(14)7-8-21(4,19)20/h5-6,9,12,14,16H,7-8H2,1-4H3. The van der Waals surface area contributed by atoms with E-state index in [0.29, 0.717) is 0 Å². The first-order chi connectivity index (χ1) is 9.69. The Morgan fingerprint density at radius 3 is 2.57 bits per heavy atom. The summed E-state index contributed by atoms with van der Waals surface area (Å²) >= 11 is 0. The number of amides is 1. The Bertz CT molecular complexity index is 655. The van der Waals surface area contributed by atoms with Crippen molar-refractivity contribution >= 4 is 15.7 Å². The van der Waals surface area contributed by atoms with Crippen LogP contribution in [0.15, 0.2) is 18.2 Å². The molecular formula is C15H22N2O3S. The lowest BCUT2D eigenvalue weighted by Crippen LogP contribution is -2.35. The van der Waals surface area contributed by atoms with Crippen LogP contribution in [-0.2, 0) is 14.6 Å². The van der Waals surface area contributed by atoms with Crippen molar-refractivity contribution in [1.82, 2.24) is 10.2 Å². The van der Waals surface area contributed by atoms with Crippen LogP contribution in [0.4, 0.5) is 0 Å². The van der Waals surface area contributed by atoms with Crippen LogP contribution in [0.5, 0.6) is 0 Å². The highest BCUT2D eigenvalue weighted by Gasteiger charge is 2.37. The van der Waals surface area contributed by atoms with Crippen LogP contribution in [0, 0.1) is 13.8 Å². The minimum absolute atomic E-state index is 0.0193. The second kappa shape index (κ2) is 5.77. The molecule has 1 aliphatic heterocycles. The summed E-state index contributed by atoms with van der Waals surface area (Å²) in [5, 5.41) is 3.26. The summed E-state index contributed by atoms with van der Waals surface area (Å²) in [5.74, 6) is -0.0707. The van der Waals surface area contributed by atoms with Gasteiger partial charge >= 0.3 is 0 Å². The number of sulfone groups is 1. The van der Waals surface area contributed by atoms with Crippen LogP contribution < -0.4 is 5.32 Å². The molecule has 0 saturated carbocycles. The fraction of sp³-hybridized carbons (Fsp3) is 0.533. The van der Waals surface area contributed by atoms with Crippen LogP contribution in [0.25, 0.3) is 0 Å². The van der Waals surface area contributed by atoms with Gasteiger partial charge in [-0.25, -0.2) is 8.42 Å². The van der Waals surface area contributed by atoms with Gasteiger partial charge in [0.05, 0.1) is 11.8 Å². The molecule has 1 heterocycles. The number of benzene rings is 1. The predicted octanol–water partition coefficient (Wildman–Crippen LogP) is 1.17. The molecule has 0 aliphatic carbocycles. The number of hydrogen-bond donors (Lipinski definition) is 1. The van der Waals surface area contributed by atoms with E-state index in [2.05, 4.69) is 5.32 Å². The second-order valence-electron chi connectivity index (χ2n) is 5.81. The van der Waals surface area contributed by atoms with Crippen LogP contribution in [0.3, 0.4) is 0 Å². The Morgan fingerprint density at radius 2 is 1.95 bits per heavy atom. The molecule has 6 heteroatoms. The summed E-state index contributed by atoms with van der Waals surface area (Å²) in [6, 6.07) is 5.80. The van der Waals surface area contributed by atoms with Crippen molar-refractivity contribution in [3.8, 4) is 0 Å². The van der Waals surface area contributed by atoms with Gasteiger partial charge in [0.25, 0.3) is 0 Å². The molecule has 2 rings (SSSR count). The normalized spacial score (nSPS) is 22.9. The number of carbonyl (C=O) groups is 1. The summed E-state index contributed by atoms with van der Waals surface area (Å²) < 4.78 is 22.8. The van der Waals surface area contributed by atoms with Gasteiger partial charge in [-0.2, -0.15) is 0 Å². The molecule has 5 nitrogen and oxygen atoms in total. The van der Waals surface area contributed by atoms with Crippen LogP contribution >= 0.6 is 0 Å². The van der Waals surface area contributed by atoms with Gasteiger partial charge in [-0.3, -0.25) is 10.1 Å². The molecule has 2 unspecified atom stereocenters. The highest BCUT2D eigenvalue weighted by molar-refractivity contribution is 7.90. The SMILES string of the molecule is Cc1ccc(C)c(C2NC(C)C(=O)N2CCS(C)(=O)=O)c1. The maximum Gasteiger partial charge on any atom is 0.241 e. The van der Waals surface area contributed by atoms with Gasteiger partial charge in [-0.05, 0) is 31.9 Å². The molecule has 1 N–H and O–H groups in total. The maximum absolute atomic E-state index is 12.3. The van der Waals surface area contributed by atoms with Crippen LogP contribution in [0.1, 0.15) is 29.8 Å². The first-order valence-electron chi connectivity index (χ1n) is 7.00. The average Bonchev–Trinajstić information content (AvgIpc) is 2.65. The molecule has 21 heavy (non-hydrogen) atoms. The lowest BCUT2D eigenvalue weighted by Gasteiger charge is -2.26. The maximum atomic E-state index is 12.3. The van der Waals surface area contributed by atoms with Crippen molar-refractivity contribution < 1.29 is 13.2 Å². The van der Waals surface area contributed by atoms with Gasteiger partial charge in [0.2, 0.25) is 5.91 Å². The number of nitrogens with one attached hydrogen (secondary N) is 1. The Hall–Kier alpha value is -1.40. The zero-order valence-electron chi connectivity index (χ0n) is 12.9. The number of aryl methyl sites for hydroxylation is 2. The molecule has 1 aromatic rings. The monoisotopic (exact) mass is 310 g/mol. The third kappa shape index (κ3) is 3.63. The summed E-state index contributed by atoms with van der Waals surface area (Å²) in [4.78, 5) is 13.9. The van der Waals surface area contributed by atoms with E-state index in [0.717, 1.165) is 16.7 Å². The molecule has 1 amide bonds. The third-order valence-corrected chi connectivity index (χ3v) is 4.73. The minimum atomic E-state index is -3.10. The molecule has 0 aromatic heterocycles. The fourth-order valence-electron chi connectivity index (χ4n) is 2.59. The van der Waals surface area contributed by atoms with E-state index in [4.69, 9.17) is 0 Å². The molecule has 2 atom stereocenters. The summed E-state index contributed by atoms with van der Waals surface area (Å²) in [6.07, 6.45) is 0.936. The van der Waals surface area contributed by atoms with Gasteiger partial charge in [0.15, 0.2) is 0 Å². The lowest BCUT2D eigenvalue weighted by molar-refractivity contribution is -0.129. The van der Waals surface area contributed by atoms with Crippen molar-refractivity contribution in [2.24, 2.45) is 0 Å². The number of carbonyl (C=O) groups excluding carboxylic acids is 1. The average molecular weight is 310 g/mol. The summed E-state index contributed by atoms with van der Waals surface area (Å²) in [6.45, 7) is 6.02. The Kier molecular flexibility index (Phi) is 4.39. The van der Waals surface area contributed by atoms with Crippen LogP contribution in [-0.4, -0.2) is 43.8 Å². The predicted molar refractivity (Wildman–Crippen MR) is 82.7 cm³/mol. The zero-order chi connectivity index (χ0) is 15.8. The molecule has 0 radical (unpaired) electrons. The van der Waals surface area contributed by atoms with E-state index < -0.39 is 9.84 Å². The summed E-state index contributed by atoms with van der Waals surface area (Å²) in [5.41, 5.74) is 3.23. The Labute approximate surface area is 126 Å². The highest BCUT2D eigenvalue weighted by atomic mass is 32.2. The Morgan fingerprint density at radius 1 is 1.29 bits per heavy atom. The second-order valence-corrected chi connectivity index (χ2v) is 8.07. The Balaban J connectivity index is 2.31. The van der Waals surface area contributed by atoms with Gasteiger partial charge in [-0.1, -0.05) is 23.8 Å². The van der Waals surface area contributed by atoms with Crippen molar-refractivity contribution in [3.05, 3.63) is 34.9 Å². The topological polar surface area (TPSA) is 66.5 Å². The van der Waals surface area contributed by atoms with Crippen LogP contribution in [0.2, 0.25) is 0 Å². The number of hydrogen-bond acceptors (Lipinski definition) is 4. The quantitative estimate of drug-likeness (QED) is 0.906. The molecular weight excluding hydrogens is 288 g/mol. The van der Waals surface area contributed by atoms with Crippen molar-refractivity contribution in [1.29, 1.82) is 0 Å². The van der Waals surface area contributed by atoms with E-state index in [-0.39, 0.29) is 30.4 Å². The van der Waals surface area contributed by atoms with E-state index >= 15 is 0 Å². The third-order valence-electron chi connectivity index (χ3n) is 3.81.